The molecule has 0 bridgehead atoms. The molecule has 30 heavy (non-hydrogen) atoms. The van der Waals surface area contributed by atoms with E-state index in [9.17, 15) is 14.4 Å². The maximum absolute atomic E-state index is 13.0. The third kappa shape index (κ3) is 6.64. The van der Waals surface area contributed by atoms with Crippen molar-refractivity contribution in [2.45, 2.75) is 46.6 Å². The molecule has 1 aromatic rings. The summed E-state index contributed by atoms with van der Waals surface area (Å²) >= 11 is 0. The van der Waals surface area contributed by atoms with E-state index in [0.717, 1.165) is 5.75 Å². The Bertz CT molecular complexity index is 712. The van der Waals surface area contributed by atoms with Crippen LogP contribution >= 0.6 is 0 Å². The molecule has 1 fully saturated rings. The number of carbonyl (C=O) groups excluding carboxylic acids is 3. The van der Waals surface area contributed by atoms with E-state index in [2.05, 4.69) is 10.6 Å². The second kappa shape index (κ2) is 11.4. The molecule has 1 aliphatic heterocycles. The highest BCUT2D eigenvalue weighted by molar-refractivity contribution is 5.94. The Labute approximate surface area is 178 Å². The molecule has 1 saturated heterocycles. The van der Waals surface area contributed by atoms with Crippen LogP contribution < -0.4 is 15.4 Å². The van der Waals surface area contributed by atoms with Gasteiger partial charge in [-0.15, -0.1) is 0 Å². The Morgan fingerprint density at radius 1 is 1.07 bits per heavy atom. The molecule has 8 heteroatoms. The summed E-state index contributed by atoms with van der Waals surface area (Å²) in [5.41, 5.74) is 0.612. The number of ether oxygens (including phenoxy) is 2. The fraction of sp³-hybridized carbons (Fsp3) is 0.591. The molecular formula is C22H33N3O5. The number of esters is 1. The summed E-state index contributed by atoms with van der Waals surface area (Å²) in [5.74, 6) is 0.158. The Morgan fingerprint density at radius 2 is 1.70 bits per heavy atom. The molecule has 0 spiro atoms. The van der Waals surface area contributed by atoms with Gasteiger partial charge in [0.1, 0.15) is 11.8 Å². The Morgan fingerprint density at radius 3 is 2.23 bits per heavy atom. The molecule has 1 atom stereocenters. The number of piperidine rings is 1. The van der Waals surface area contributed by atoms with E-state index in [1.165, 1.54) is 0 Å². The standard InChI is InChI=1S/C22H33N3O5/c1-5-29-18-9-7-17(8-10-18)23-22(28)24-19(15(3)4)20(26)25-13-11-16(12-14-25)21(27)30-6-2/h7-10,15-16,19H,5-6,11-14H2,1-4H3,(H2,23,24,28). The van der Waals surface area contributed by atoms with Gasteiger partial charge in [-0.3, -0.25) is 9.59 Å². The lowest BCUT2D eigenvalue weighted by Gasteiger charge is -2.34. The van der Waals surface area contributed by atoms with E-state index >= 15 is 0 Å². The second-order valence-electron chi connectivity index (χ2n) is 7.63. The van der Waals surface area contributed by atoms with Gasteiger partial charge in [0.25, 0.3) is 0 Å². The van der Waals surface area contributed by atoms with E-state index in [1.807, 2.05) is 20.8 Å². The minimum absolute atomic E-state index is 0.0774. The van der Waals surface area contributed by atoms with Crippen molar-refractivity contribution in [3.63, 3.8) is 0 Å². The van der Waals surface area contributed by atoms with Gasteiger partial charge in [-0.1, -0.05) is 13.8 Å². The summed E-state index contributed by atoms with van der Waals surface area (Å²) in [6.45, 7) is 9.37. The fourth-order valence-corrected chi connectivity index (χ4v) is 3.42. The number of anilines is 1. The highest BCUT2D eigenvalue weighted by atomic mass is 16.5. The Kier molecular flexibility index (Phi) is 8.95. The average Bonchev–Trinajstić information content (AvgIpc) is 2.73. The molecule has 166 valence electrons. The van der Waals surface area contributed by atoms with Crippen LogP contribution in [-0.4, -0.2) is 55.2 Å². The zero-order valence-electron chi connectivity index (χ0n) is 18.3. The highest BCUT2D eigenvalue weighted by Gasteiger charge is 2.33. The lowest BCUT2D eigenvalue weighted by molar-refractivity contribution is -0.151. The van der Waals surface area contributed by atoms with Gasteiger partial charge < -0.3 is 25.0 Å². The number of hydrogen-bond acceptors (Lipinski definition) is 5. The molecule has 3 amide bonds. The molecule has 2 N–H and O–H groups in total. The van der Waals surface area contributed by atoms with Gasteiger partial charge in [0, 0.05) is 18.8 Å². The van der Waals surface area contributed by atoms with Crippen LogP contribution in [0.5, 0.6) is 5.75 Å². The van der Waals surface area contributed by atoms with Crippen LogP contribution in [0.4, 0.5) is 10.5 Å². The number of rotatable bonds is 8. The van der Waals surface area contributed by atoms with E-state index < -0.39 is 12.1 Å². The molecule has 8 nitrogen and oxygen atoms in total. The molecule has 1 aliphatic rings. The molecule has 0 radical (unpaired) electrons. The first-order valence-corrected chi connectivity index (χ1v) is 10.6. The van der Waals surface area contributed by atoms with E-state index in [4.69, 9.17) is 9.47 Å². The maximum atomic E-state index is 13.0. The first-order valence-electron chi connectivity index (χ1n) is 10.6. The third-order valence-corrected chi connectivity index (χ3v) is 5.07. The monoisotopic (exact) mass is 419 g/mol. The predicted molar refractivity (Wildman–Crippen MR) is 114 cm³/mol. The zero-order valence-corrected chi connectivity index (χ0v) is 18.3. The van der Waals surface area contributed by atoms with Gasteiger partial charge in [-0.25, -0.2) is 4.79 Å². The average molecular weight is 420 g/mol. The van der Waals surface area contributed by atoms with Crippen molar-refractivity contribution in [2.75, 3.05) is 31.6 Å². The Hall–Kier alpha value is -2.77. The number of hydrogen-bond donors (Lipinski definition) is 2. The van der Waals surface area contributed by atoms with Crippen molar-refractivity contribution in [2.24, 2.45) is 11.8 Å². The number of amides is 3. The fourth-order valence-electron chi connectivity index (χ4n) is 3.42. The quantitative estimate of drug-likeness (QED) is 0.632. The van der Waals surface area contributed by atoms with Crippen LogP contribution in [-0.2, 0) is 14.3 Å². The SMILES string of the molecule is CCOC(=O)C1CCN(C(=O)C(NC(=O)Nc2ccc(OCC)cc2)C(C)C)CC1. The molecule has 1 heterocycles. The van der Waals surface area contributed by atoms with Gasteiger partial charge >= 0.3 is 12.0 Å². The van der Waals surface area contributed by atoms with Crippen molar-refractivity contribution in [1.82, 2.24) is 10.2 Å². The third-order valence-electron chi connectivity index (χ3n) is 5.07. The van der Waals surface area contributed by atoms with Crippen molar-refractivity contribution >= 4 is 23.6 Å². The number of nitrogens with zero attached hydrogens (tertiary/aromatic N) is 1. The number of nitrogens with one attached hydrogen (secondary N) is 2. The lowest BCUT2D eigenvalue weighted by atomic mass is 9.95. The summed E-state index contributed by atoms with van der Waals surface area (Å²) in [6.07, 6.45) is 1.15. The Balaban J connectivity index is 1.91. The van der Waals surface area contributed by atoms with E-state index in [0.29, 0.717) is 44.8 Å². The molecule has 1 aromatic carbocycles. The topological polar surface area (TPSA) is 97.0 Å². The number of benzene rings is 1. The van der Waals surface area contributed by atoms with Gasteiger partial charge in [0.2, 0.25) is 5.91 Å². The highest BCUT2D eigenvalue weighted by Crippen LogP contribution is 2.21. The van der Waals surface area contributed by atoms with Crippen LogP contribution in [0.15, 0.2) is 24.3 Å². The summed E-state index contributed by atoms with van der Waals surface area (Å²) in [6, 6.07) is 5.96. The van der Waals surface area contributed by atoms with Crippen LogP contribution in [0.2, 0.25) is 0 Å². The molecule has 0 saturated carbocycles. The zero-order chi connectivity index (χ0) is 22.1. The van der Waals surface area contributed by atoms with Crippen LogP contribution in [0.3, 0.4) is 0 Å². The summed E-state index contributed by atoms with van der Waals surface area (Å²) in [5, 5.41) is 5.54. The predicted octanol–water partition coefficient (Wildman–Crippen LogP) is 3.03. The van der Waals surface area contributed by atoms with Crippen molar-refractivity contribution < 1.29 is 23.9 Å². The number of likely N-dealkylation sites (tertiary alicyclic amines) is 1. The summed E-state index contributed by atoms with van der Waals surface area (Å²) < 4.78 is 10.5. The smallest absolute Gasteiger partial charge is 0.319 e. The lowest BCUT2D eigenvalue weighted by Crippen LogP contribution is -2.54. The first-order chi connectivity index (χ1) is 14.3. The first kappa shape index (κ1) is 23.5. The number of urea groups is 1. The minimum Gasteiger partial charge on any atom is -0.494 e. The molecular weight excluding hydrogens is 386 g/mol. The van der Waals surface area contributed by atoms with Crippen LogP contribution in [0.25, 0.3) is 0 Å². The van der Waals surface area contributed by atoms with E-state index in [-0.39, 0.29) is 23.7 Å². The summed E-state index contributed by atoms with van der Waals surface area (Å²) in [4.78, 5) is 39.1. The molecule has 2 rings (SSSR count). The van der Waals surface area contributed by atoms with Crippen molar-refractivity contribution in [3.8, 4) is 5.75 Å². The number of carbonyl (C=O) groups is 3. The van der Waals surface area contributed by atoms with Crippen LogP contribution in [0, 0.1) is 11.8 Å². The largest absolute Gasteiger partial charge is 0.494 e. The van der Waals surface area contributed by atoms with E-state index in [1.54, 1.807) is 36.1 Å². The maximum Gasteiger partial charge on any atom is 0.319 e. The molecule has 0 aliphatic carbocycles. The summed E-state index contributed by atoms with van der Waals surface area (Å²) in [7, 11) is 0. The van der Waals surface area contributed by atoms with Gasteiger partial charge in [0.15, 0.2) is 0 Å². The van der Waals surface area contributed by atoms with Gasteiger partial charge in [-0.2, -0.15) is 0 Å². The minimum atomic E-state index is -0.646. The second-order valence-corrected chi connectivity index (χ2v) is 7.63. The molecule has 0 aromatic heterocycles. The van der Waals surface area contributed by atoms with Crippen LogP contribution in [0.1, 0.15) is 40.5 Å². The van der Waals surface area contributed by atoms with Crippen molar-refractivity contribution in [1.29, 1.82) is 0 Å². The normalized spacial score (nSPS) is 15.4. The van der Waals surface area contributed by atoms with Crippen molar-refractivity contribution in [3.05, 3.63) is 24.3 Å². The van der Waals surface area contributed by atoms with Gasteiger partial charge in [-0.05, 0) is 56.9 Å². The van der Waals surface area contributed by atoms with Gasteiger partial charge in [0.05, 0.1) is 19.1 Å². The molecule has 1 unspecified atom stereocenters.